The number of amides is 1. The summed E-state index contributed by atoms with van der Waals surface area (Å²) >= 11 is 0. The van der Waals surface area contributed by atoms with Crippen LogP contribution in [0, 0.1) is 5.41 Å². The SMILES string of the molecule is CC(C)(C)C(=O)Nc1cccc(CN)c1. The molecule has 1 rings (SSSR count). The van der Waals surface area contributed by atoms with Gasteiger partial charge in [0.2, 0.25) is 5.91 Å². The van der Waals surface area contributed by atoms with E-state index in [0.717, 1.165) is 11.3 Å². The van der Waals surface area contributed by atoms with Crippen LogP contribution in [0.5, 0.6) is 0 Å². The molecular formula is C12H18N2O. The molecule has 0 fully saturated rings. The van der Waals surface area contributed by atoms with Crippen LogP contribution in [0.2, 0.25) is 0 Å². The lowest BCUT2D eigenvalue weighted by molar-refractivity contribution is -0.123. The van der Waals surface area contributed by atoms with Gasteiger partial charge >= 0.3 is 0 Å². The maximum Gasteiger partial charge on any atom is 0.229 e. The van der Waals surface area contributed by atoms with Gasteiger partial charge in [0.05, 0.1) is 0 Å². The average Bonchev–Trinajstić information content (AvgIpc) is 2.16. The fraction of sp³-hybridized carbons (Fsp3) is 0.417. The lowest BCUT2D eigenvalue weighted by Gasteiger charge is -2.17. The number of carbonyl (C=O) groups excluding carboxylic acids is 1. The van der Waals surface area contributed by atoms with E-state index in [1.807, 2.05) is 45.0 Å². The number of hydrogen-bond acceptors (Lipinski definition) is 2. The predicted octanol–water partition coefficient (Wildman–Crippen LogP) is 2.13. The molecule has 82 valence electrons. The molecule has 0 aromatic heterocycles. The van der Waals surface area contributed by atoms with E-state index in [2.05, 4.69) is 5.32 Å². The lowest BCUT2D eigenvalue weighted by atomic mass is 9.95. The predicted molar refractivity (Wildman–Crippen MR) is 62.4 cm³/mol. The first kappa shape index (κ1) is 11.7. The molecule has 15 heavy (non-hydrogen) atoms. The average molecular weight is 206 g/mol. The Hall–Kier alpha value is -1.35. The van der Waals surface area contributed by atoms with Crippen molar-refractivity contribution in [3.05, 3.63) is 29.8 Å². The monoisotopic (exact) mass is 206 g/mol. The van der Waals surface area contributed by atoms with Gasteiger partial charge < -0.3 is 11.1 Å². The highest BCUT2D eigenvalue weighted by Gasteiger charge is 2.20. The summed E-state index contributed by atoms with van der Waals surface area (Å²) in [5.41, 5.74) is 6.97. The number of benzene rings is 1. The summed E-state index contributed by atoms with van der Waals surface area (Å²) in [6, 6.07) is 7.58. The topological polar surface area (TPSA) is 55.1 Å². The molecule has 1 aromatic rings. The Morgan fingerprint density at radius 2 is 2.07 bits per heavy atom. The highest BCUT2D eigenvalue weighted by Crippen LogP contribution is 2.17. The van der Waals surface area contributed by atoms with Crippen LogP contribution in [-0.2, 0) is 11.3 Å². The summed E-state index contributed by atoms with van der Waals surface area (Å²) in [6.45, 7) is 6.14. The van der Waals surface area contributed by atoms with Crippen molar-refractivity contribution in [2.45, 2.75) is 27.3 Å². The molecule has 1 amide bonds. The molecule has 0 bridgehead atoms. The minimum Gasteiger partial charge on any atom is -0.326 e. The van der Waals surface area contributed by atoms with Crippen LogP contribution in [0.3, 0.4) is 0 Å². The van der Waals surface area contributed by atoms with E-state index < -0.39 is 0 Å². The molecule has 0 atom stereocenters. The standard InChI is InChI=1S/C12H18N2O/c1-12(2,3)11(15)14-10-6-4-5-9(7-10)8-13/h4-7H,8,13H2,1-3H3,(H,14,15). The number of anilines is 1. The van der Waals surface area contributed by atoms with Crippen molar-refractivity contribution < 1.29 is 4.79 Å². The minimum atomic E-state index is -0.376. The summed E-state index contributed by atoms with van der Waals surface area (Å²) in [6.07, 6.45) is 0. The van der Waals surface area contributed by atoms with Gasteiger partial charge in [-0.25, -0.2) is 0 Å². The number of nitrogens with one attached hydrogen (secondary N) is 1. The molecule has 1 aromatic carbocycles. The maximum absolute atomic E-state index is 11.7. The molecule has 0 aliphatic carbocycles. The largest absolute Gasteiger partial charge is 0.326 e. The molecule has 0 spiro atoms. The smallest absolute Gasteiger partial charge is 0.229 e. The van der Waals surface area contributed by atoms with Gasteiger partial charge in [0, 0.05) is 17.6 Å². The molecule has 3 nitrogen and oxygen atoms in total. The van der Waals surface area contributed by atoms with Crippen molar-refractivity contribution in [3.8, 4) is 0 Å². The van der Waals surface area contributed by atoms with Crippen molar-refractivity contribution in [1.82, 2.24) is 0 Å². The van der Waals surface area contributed by atoms with Gasteiger partial charge in [-0.1, -0.05) is 32.9 Å². The summed E-state index contributed by atoms with van der Waals surface area (Å²) in [7, 11) is 0. The van der Waals surface area contributed by atoms with Crippen molar-refractivity contribution >= 4 is 11.6 Å². The van der Waals surface area contributed by atoms with Crippen LogP contribution >= 0.6 is 0 Å². The molecule has 3 heteroatoms. The second-order valence-corrected chi connectivity index (χ2v) is 4.61. The zero-order chi connectivity index (χ0) is 11.5. The van der Waals surface area contributed by atoms with E-state index in [4.69, 9.17) is 5.73 Å². The highest BCUT2D eigenvalue weighted by molar-refractivity contribution is 5.94. The number of rotatable bonds is 2. The molecule has 0 heterocycles. The second kappa shape index (κ2) is 4.45. The Morgan fingerprint density at radius 1 is 1.40 bits per heavy atom. The number of hydrogen-bond donors (Lipinski definition) is 2. The first-order chi connectivity index (χ1) is 6.93. The summed E-state index contributed by atoms with van der Waals surface area (Å²) in [5, 5.41) is 2.86. The summed E-state index contributed by atoms with van der Waals surface area (Å²) in [4.78, 5) is 11.7. The first-order valence-corrected chi connectivity index (χ1v) is 5.04. The second-order valence-electron chi connectivity index (χ2n) is 4.61. The Balaban J connectivity index is 2.77. The molecule has 0 radical (unpaired) electrons. The van der Waals surface area contributed by atoms with Crippen LogP contribution in [0.15, 0.2) is 24.3 Å². The molecule has 0 unspecified atom stereocenters. The van der Waals surface area contributed by atoms with Crippen LogP contribution in [0.25, 0.3) is 0 Å². The Labute approximate surface area is 90.7 Å². The lowest BCUT2D eigenvalue weighted by Crippen LogP contribution is -2.27. The van der Waals surface area contributed by atoms with E-state index >= 15 is 0 Å². The van der Waals surface area contributed by atoms with E-state index in [-0.39, 0.29) is 11.3 Å². The molecule has 3 N–H and O–H groups in total. The third kappa shape index (κ3) is 3.36. The molecule has 0 saturated heterocycles. The van der Waals surface area contributed by atoms with Crippen LogP contribution in [0.1, 0.15) is 26.3 Å². The minimum absolute atomic E-state index is 0.0108. The highest BCUT2D eigenvalue weighted by atomic mass is 16.2. The van der Waals surface area contributed by atoms with Crippen LogP contribution in [0.4, 0.5) is 5.69 Å². The van der Waals surface area contributed by atoms with Crippen molar-refractivity contribution in [2.24, 2.45) is 11.1 Å². The fourth-order valence-corrected chi connectivity index (χ4v) is 1.09. The Bertz CT molecular complexity index is 353. The third-order valence-corrected chi connectivity index (χ3v) is 2.10. The zero-order valence-electron chi connectivity index (χ0n) is 9.50. The fourth-order valence-electron chi connectivity index (χ4n) is 1.09. The number of carbonyl (C=O) groups is 1. The zero-order valence-corrected chi connectivity index (χ0v) is 9.50. The molecular weight excluding hydrogens is 188 g/mol. The van der Waals surface area contributed by atoms with Gasteiger partial charge in [-0.2, -0.15) is 0 Å². The van der Waals surface area contributed by atoms with E-state index in [1.165, 1.54) is 0 Å². The maximum atomic E-state index is 11.7. The quantitative estimate of drug-likeness (QED) is 0.778. The van der Waals surface area contributed by atoms with Gasteiger partial charge in [-0.05, 0) is 17.7 Å². The van der Waals surface area contributed by atoms with Gasteiger partial charge in [0.15, 0.2) is 0 Å². The Morgan fingerprint density at radius 3 is 2.60 bits per heavy atom. The number of nitrogens with two attached hydrogens (primary N) is 1. The van der Waals surface area contributed by atoms with Crippen LogP contribution in [-0.4, -0.2) is 5.91 Å². The molecule has 0 aliphatic heterocycles. The van der Waals surface area contributed by atoms with Crippen molar-refractivity contribution in [1.29, 1.82) is 0 Å². The molecule has 0 saturated carbocycles. The van der Waals surface area contributed by atoms with Crippen molar-refractivity contribution in [2.75, 3.05) is 5.32 Å². The normalized spacial score (nSPS) is 11.2. The van der Waals surface area contributed by atoms with Gasteiger partial charge in [0.1, 0.15) is 0 Å². The Kier molecular flexibility index (Phi) is 3.48. The van der Waals surface area contributed by atoms with Crippen LogP contribution < -0.4 is 11.1 Å². The van der Waals surface area contributed by atoms with Gasteiger partial charge in [0.25, 0.3) is 0 Å². The van der Waals surface area contributed by atoms with Crippen molar-refractivity contribution in [3.63, 3.8) is 0 Å². The van der Waals surface area contributed by atoms with Gasteiger partial charge in [-0.15, -0.1) is 0 Å². The van der Waals surface area contributed by atoms with E-state index in [0.29, 0.717) is 6.54 Å². The first-order valence-electron chi connectivity index (χ1n) is 5.04. The summed E-state index contributed by atoms with van der Waals surface area (Å²) < 4.78 is 0. The van der Waals surface area contributed by atoms with E-state index in [1.54, 1.807) is 0 Å². The van der Waals surface area contributed by atoms with Gasteiger partial charge in [-0.3, -0.25) is 4.79 Å². The third-order valence-electron chi connectivity index (χ3n) is 2.10. The molecule has 0 aliphatic rings. The van der Waals surface area contributed by atoms with E-state index in [9.17, 15) is 4.79 Å². The summed E-state index contributed by atoms with van der Waals surface area (Å²) in [5.74, 6) is 0.0108.